The molecule has 0 bridgehead atoms. The molecule has 0 N–H and O–H groups in total. The van der Waals surface area contributed by atoms with Crippen molar-refractivity contribution in [1.29, 1.82) is 0 Å². The van der Waals surface area contributed by atoms with Gasteiger partial charge in [-0.2, -0.15) is 0 Å². The molecule has 1 aliphatic heterocycles. The SMILES string of the molecule is CS(=O)(=O)c1cccc(N2CCN(C(=O)c3ccoc3)CC2)c1[N+](=O)[O-]. The average molecular weight is 379 g/mol. The molecule has 0 spiro atoms. The van der Waals surface area contributed by atoms with Gasteiger partial charge in [-0.15, -0.1) is 0 Å². The summed E-state index contributed by atoms with van der Waals surface area (Å²) in [7, 11) is -3.74. The number of anilines is 1. The number of hydrogen-bond acceptors (Lipinski definition) is 7. The van der Waals surface area contributed by atoms with Gasteiger partial charge in [0.25, 0.3) is 5.91 Å². The van der Waals surface area contributed by atoms with E-state index >= 15 is 0 Å². The first-order valence-corrected chi connectivity index (χ1v) is 9.72. The normalized spacial score (nSPS) is 15.1. The number of benzene rings is 1. The number of furan rings is 1. The van der Waals surface area contributed by atoms with E-state index in [1.807, 2.05) is 0 Å². The Bertz CT molecular complexity index is 931. The lowest BCUT2D eigenvalue weighted by atomic mass is 10.2. The molecule has 1 saturated heterocycles. The zero-order chi connectivity index (χ0) is 18.9. The minimum absolute atomic E-state index is 0.169. The molecule has 26 heavy (non-hydrogen) atoms. The fraction of sp³-hybridized carbons (Fsp3) is 0.312. The third kappa shape index (κ3) is 3.40. The van der Waals surface area contributed by atoms with Crippen molar-refractivity contribution >= 4 is 27.1 Å². The van der Waals surface area contributed by atoms with E-state index in [0.29, 0.717) is 31.7 Å². The van der Waals surface area contributed by atoms with Gasteiger partial charge in [-0.05, 0) is 18.2 Å². The Balaban J connectivity index is 1.84. The van der Waals surface area contributed by atoms with Crippen LogP contribution in [0.2, 0.25) is 0 Å². The number of amides is 1. The van der Waals surface area contributed by atoms with Crippen LogP contribution in [0.15, 0.2) is 46.1 Å². The molecule has 1 aromatic heterocycles. The van der Waals surface area contributed by atoms with Crippen molar-refractivity contribution in [2.45, 2.75) is 4.90 Å². The van der Waals surface area contributed by atoms with Crippen LogP contribution in [-0.4, -0.2) is 56.6 Å². The van der Waals surface area contributed by atoms with Crippen LogP contribution in [0.5, 0.6) is 0 Å². The van der Waals surface area contributed by atoms with Crippen LogP contribution in [0.4, 0.5) is 11.4 Å². The minimum Gasteiger partial charge on any atom is -0.472 e. The molecule has 1 fully saturated rings. The van der Waals surface area contributed by atoms with Gasteiger partial charge in [0.1, 0.15) is 16.8 Å². The average Bonchev–Trinajstić information content (AvgIpc) is 3.14. The smallest absolute Gasteiger partial charge is 0.311 e. The summed E-state index contributed by atoms with van der Waals surface area (Å²) in [5, 5.41) is 11.5. The van der Waals surface area contributed by atoms with E-state index < -0.39 is 20.4 Å². The second kappa shape index (κ2) is 6.79. The maximum atomic E-state index is 12.3. The molecule has 9 nitrogen and oxygen atoms in total. The number of hydrogen-bond donors (Lipinski definition) is 0. The summed E-state index contributed by atoms with van der Waals surface area (Å²) in [5.74, 6) is -0.169. The van der Waals surface area contributed by atoms with E-state index in [2.05, 4.69) is 0 Å². The number of piperazine rings is 1. The lowest BCUT2D eigenvalue weighted by Crippen LogP contribution is -2.48. The fourth-order valence-corrected chi connectivity index (χ4v) is 3.82. The molecule has 0 aliphatic carbocycles. The van der Waals surface area contributed by atoms with Crippen molar-refractivity contribution in [3.63, 3.8) is 0 Å². The monoisotopic (exact) mass is 379 g/mol. The molecule has 2 aromatic rings. The van der Waals surface area contributed by atoms with E-state index in [0.717, 1.165) is 6.26 Å². The highest BCUT2D eigenvalue weighted by molar-refractivity contribution is 7.90. The van der Waals surface area contributed by atoms with Crippen LogP contribution >= 0.6 is 0 Å². The van der Waals surface area contributed by atoms with Crippen molar-refractivity contribution in [3.8, 4) is 0 Å². The van der Waals surface area contributed by atoms with Gasteiger partial charge in [0.05, 0.1) is 16.7 Å². The summed E-state index contributed by atoms with van der Waals surface area (Å²) in [6, 6.07) is 5.83. The standard InChI is InChI=1S/C16H17N3O6S/c1-26(23,24)14-4-2-3-13(15(14)19(21)22)17-6-8-18(9-7-17)16(20)12-5-10-25-11-12/h2-5,10-11H,6-9H2,1H3. The molecule has 0 unspecified atom stereocenters. The van der Waals surface area contributed by atoms with Gasteiger partial charge in [0, 0.05) is 32.4 Å². The molecule has 1 amide bonds. The predicted octanol–water partition coefficient (Wildman–Crippen LogP) is 1.55. The van der Waals surface area contributed by atoms with Crippen molar-refractivity contribution in [3.05, 3.63) is 52.5 Å². The van der Waals surface area contributed by atoms with E-state index in [4.69, 9.17) is 4.42 Å². The Morgan fingerprint density at radius 3 is 2.42 bits per heavy atom. The number of nitro benzene ring substituents is 1. The molecule has 0 radical (unpaired) electrons. The number of para-hydroxylation sites is 1. The lowest BCUT2D eigenvalue weighted by molar-refractivity contribution is -0.387. The predicted molar refractivity (Wildman–Crippen MR) is 93.0 cm³/mol. The minimum atomic E-state index is -3.74. The fourth-order valence-electron chi connectivity index (χ4n) is 2.97. The summed E-state index contributed by atoms with van der Waals surface area (Å²) in [4.78, 5) is 26.2. The van der Waals surface area contributed by atoms with Crippen molar-refractivity contribution in [1.82, 2.24) is 4.90 Å². The highest BCUT2D eigenvalue weighted by atomic mass is 32.2. The van der Waals surface area contributed by atoms with Gasteiger partial charge in [-0.3, -0.25) is 14.9 Å². The van der Waals surface area contributed by atoms with Crippen LogP contribution in [0.25, 0.3) is 0 Å². The highest BCUT2D eigenvalue weighted by Crippen LogP contribution is 2.35. The second-order valence-corrected chi connectivity index (χ2v) is 7.93. The van der Waals surface area contributed by atoms with E-state index in [1.165, 1.54) is 30.7 Å². The zero-order valence-electron chi connectivity index (χ0n) is 14.0. The molecule has 0 atom stereocenters. The van der Waals surface area contributed by atoms with Gasteiger partial charge in [-0.1, -0.05) is 6.07 Å². The first kappa shape index (κ1) is 17.9. The molecule has 10 heteroatoms. The summed E-state index contributed by atoms with van der Waals surface area (Å²) < 4.78 is 28.7. The molecule has 0 saturated carbocycles. The molecular formula is C16H17N3O6S. The molecule has 3 rings (SSSR count). The molecule has 1 aliphatic rings. The molecular weight excluding hydrogens is 362 g/mol. The summed E-state index contributed by atoms with van der Waals surface area (Å²) in [6.45, 7) is 1.45. The molecule has 138 valence electrons. The van der Waals surface area contributed by atoms with Crippen LogP contribution in [-0.2, 0) is 9.84 Å². The van der Waals surface area contributed by atoms with E-state index in [-0.39, 0.29) is 16.5 Å². The number of nitrogens with zero attached hydrogens (tertiary/aromatic N) is 3. The van der Waals surface area contributed by atoms with E-state index in [9.17, 15) is 23.3 Å². The summed E-state index contributed by atoms with van der Waals surface area (Å²) in [6.07, 6.45) is 3.74. The maximum absolute atomic E-state index is 12.3. The van der Waals surface area contributed by atoms with Gasteiger partial charge in [0.15, 0.2) is 9.84 Å². The summed E-state index contributed by atoms with van der Waals surface area (Å²) in [5.41, 5.74) is 0.265. The number of rotatable bonds is 4. The van der Waals surface area contributed by atoms with Crippen molar-refractivity contribution < 1.29 is 22.6 Å². The van der Waals surface area contributed by atoms with Crippen molar-refractivity contribution in [2.75, 3.05) is 37.3 Å². The van der Waals surface area contributed by atoms with Crippen LogP contribution in [0.1, 0.15) is 10.4 Å². The first-order valence-electron chi connectivity index (χ1n) is 7.83. The highest BCUT2D eigenvalue weighted by Gasteiger charge is 2.31. The Labute approximate surface area is 149 Å². The van der Waals surface area contributed by atoms with Crippen LogP contribution in [0.3, 0.4) is 0 Å². The third-order valence-corrected chi connectivity index (χ3v) is 5.36. The lowest BCUT2D eigenvalue weighted by Gasteiger charge is -2.35. The number of carbonyl (C=O) groups excluding carboxylic acids is 1. The van der Waals surface area contributed by atoms with Crippen molar-refractivity contribution in [2.24, 2.45) is 0 Å². The Morgan fingerprint density at radius 1 is 1.19 bits per heavy atom. The quantitative estimate of drug-likeness (QED) is 0.585. The number of sulfone groups is 1. The second-order valence-electron chi connectivity index (χ2n) is 5.94. The Hall–Kier alpha value is -2.88. The van der Waals surface area contributed by atoms with Gasteiger partial charge in [0.2, 0.25) is 0 Å². The number of carbonyl (C=O) groups is 1. The van der Waals surface area contributed by atoms with Crippen LogP contribution < -0.4 is 4.90 Å². The third-order valence-electron chi connectivity index (χ3n) is 4.24. The van der Waals surface area contributed by atoms with Crippen LogP contribution in [0, 0.1) is 10.1 Å². The first-order chi connectivity index (χ1) is 12.3. The topological polar surface area (TPSA) is 114 Å². The van der Waals surface area contributed by atoms with E-state index in [1.54, 1.807) is 15.9 Å². The Kier molecular flexibility index (Phi) is 4.68. The molecule has 2 heterocycles. The Morgan fingerprint density at radius 2 is 1.88 bits per heavy atom. The number of nitro groups is 1. The van der Waals surface area contributed by atoms with Gasteiger partial charge >= 0.3 is 5.69 Å². The molecule has 1 aromatic carbocycles. The largest absolute Gasteiger partial charge is 0.472 e. The summed E-state index contributed by atoms with van der Waals surface area (Å²) >= 11 is 0. The van der Waals surface area contributed by atoms with Gasteiger partial charge < -0.3 is 14.2 Å². The maximum Gasteiger partial charge on any atom is 0.311 e. The zero-order valence-corrected chi connectivity index (χ0v) is 14.8. The van der Waals surface area contributed by atoms with Gasteiger partial charge in [-0.25, -0.2) is 8.42 Å².